The molecule has 3 atom stereocenters. The molecule has 0 radical (unpaired) electrons. The second-order valence-electron chi connectivity index (χ2n) is 5.79. The molecule has 2 N–H and O–H groups in total. The van der Waals surface area contributed by atoms with Crippen molar-refractivity contribution in [2.24, 2.45) is 11.7 Å². The molecule has 0 amide bonds. The molecule has 0 bridgehead atoms. The second kappa shape index (κ2) is 5.24. The van der Waals surface area contributed by atoms with Crippen LogP contribution in [0.2, 0.25) is 0 Å². The van der Waals surface area contributed by atoms with Crippen LogP contribution in [0.5, 0.6) is 0 Å². The van der Waals surface area contributed by atoms with Crippen LogP contribution in [0.15, 0.2) is 0 Å². The fourth-order valence-corrected chi connectivity index (χ4v) is 4.98. The van der Waals surface area contributed by atoms with E-state index in [1.165, 1.54) is 12.8 Å². The zero-order chi connectivity index (χ0) is 12.5. The van der Waals surface area contributed by atoms with Gasteiger partial charge in [0.05, 0.1) is 11.5 Å². The third-order valence-electron chi connectivity index (χ3n) is 4.20. The lowest BCUT2D eigenvalue weighted by Gasteiger charge is -2.32. The molecule has 2 fully saturated rings. The van der Waals surface area contributed by atoms with Crippen molar-refractivity contribution in [2.75, 3.05) is 25.1 Å². The standard InChI is InChI=1S/C12H24N2O2S/c1-14(12-5-6-17(15,16)9-12)8-10-3-2-4-11(13)7-10/h10-12H,2-9,13H2,1H3. The molecule has 100 valence electrons. The fraction of sp³-hybridized carbons (Fsp3) is 1.00. The molecule has 1 aliphatic heterocycles. The van der Waals surface area contributed by atoms with Gasteiger partial charge < -0.3 is 10.6 Å². The van der Waals surface area contributed by atoms with Gasteiger partial charge in [0, 0.05) is 18.6 Å². The van der Waals surface area contributed by atoms with Gasteiger partial charge in [-0.05, 0) is 38.6 Å². The fourth-order valence-electron chi connectivity index (χ4n) is 3.18. The molecule has 1 aliphatic carbocycles. The highest BCUT2D eigenvalue weighted by Gasteiger charge is 2.32. The Labute approximate surface area is 104 Å². The van der Waals surface area contributed by atoms with Crippen molar-refractivity contribution in [1.82, 2.24) is 4.90 Å². The van der Waals surface area contributed by atoms with Crippen LogP contribution in [0.3, 0.4) is 0 Å². The maximum absolute atomic E-state index is 11.4. The molecule has 1 saturated heterocycles. The average Bonchev–Trinajstić information content (AvgIpc) is 2.59. The maximum Gasteiger partial charge on any atom is 0.151 e. The SMILES string of the molecule is CN(CC1CCCC(N)C1)C1CCS(=O)(=O)C1. The summed E-state index contributed by atoms with van der Waals surface area (Å²) in [7, 11) is -0.697. The van der Waals surface area contributed by atoms with E-state index in [0.29, 0.717) is 23.5 Å². The van der Waals surface area contributed by atoms with E-state index in [0.717, 1.165) is 25.8 Å². The van der Waals surface area contributed by atoms with Gasteiger partial charge in [-0.1, -0.05) is 6.42 Å². The Morgan fingerprint density at radius 3 is 2.65 bits per heavy atom. The molecule has 0 spiro atoms. The van der Waals surface area contributed by atoms with Crippen LogP contribution in [0.25, 0.3) is 0 Å². The Hall–Kier alpha value is -0.130. The summed E-state index contributed by atoms with van der Waals surface area (Å²) in [6.07, 6.45) is 5.53. The number of hydrogen-bond acceptors (Lipinski definition) is 4. The van der Waals surface area contributed by atoms with E-state index in [1.54, 1.807) is 0 Å². The van der Waals surface area contributed by atoms with E-state index in [4.69, 9.17) is 5.73 Å². The van der Waals surface area contributed by atoms with Crippen LogP contribution in [-0.2, 0) is 9.84 Å². The number of hydrogen-bond donors (Lipinski definition) is 1. The van der Waals surface area contributed by atoms with Crippen LogP contribution in [-0.4, -0.2) is 50.5 Å². The summed E-state index contributed by atoms with van der Waals surface area (Å²) < 4.78 is 22.9. The lowest BCUT2D eigenvalue weighted by molar-refractivity contribution is 0.186. The molecule has 3 unspecified atom stereocenters. The highest BCUT2D eigenvalue weighted by atomic mass is 32.2. The summed E-state index contributed by atoms with van der Waals surface area (Å²) in [4.78, 5) is 2.24. The topological polar surface area (TPSA) is 63.4 Å². The molecular weight excluding hydrogens is 236 g/mol. The summed E-state index contributed by atoms with van der Waals surface area (Å²) in [5.74, 6) is 1.38. The molecule has 1 saturated carbocycles. The minimum atomic E-state index is -2.76. The number of rotatable bonds is 3. The van der Waals surface area contributed by atoms with Crippen LogP contribution < -0.4 is 5.73 Å². The van der Waals surface area contributed by atoms with E-state index >= 15 is 0 Å². The lowest BCUT2D eigenvalue weighted by Crippen LogP contribution is -2.39. The second-order valence-corrected chi connectivity index (χ2v) is 8.02. The molecule has 0 aromatic carbocycles. The van der Waals surface area contributed by atoms with Crippen molar-refractivity contribution in [2.45, 2.75) is 44.2 Å². The molecule has 0 aromatic rings. The average molecular weight is 260 g/mol. The predicted molar refractivity (Wildman–Crippen MR) is 69.6 cm³/mol. The van der Waals surface area contributed by atoms with Crippen LogP contribution in [0.4, 0.5) is 0 Å². The van der Waals surface area contributed by atoms with E-state index in [1.807, 2.05) is 0 Å². The van der Waals surface area contributed by atoms with E-state index in [9.17, 15) is 8.42 Å². The quantitative estimate of drug-likeness (QED) is 0.808. The van der Waals surface area contributed by atoms with Crippen molar-refractivity contribution < 1.29 is 8.42 Å². The van der Waals surface area contributed by atoms with E-state index in [-0.39, 0.29) is 6.04 Å². The minimum Gasteiger partial charge on any atom is -0.328 e. The zero-order valence-electron chi connectivity index (χ0n) is 10.6. The molecule has 2 rings (SSSR count). The first-order valence-electron chi connectivity index (χ1n) is 6.62. The van der Waals surface area contributed by atoms with Gasteiger partial charge in [-0.15, -0.1) is 0 Å². The predicted octanol–water partition coefficient (Wildman–Crippen LogP) is 0.623. The minimum absolute atomic E-state index is 0.234. The smallest absolute Gasteiger partial charge is 0.151 e. The normalized spacial score (nSPS) is 37.5. The zero-order valence-corrected chi connectivity index (χ0v) is 11.5. The molecular formula is C12H24N2O2S. The number of nitrogens with two attached hydrogens (primary N) is 1. The molecule has 2 aliphatic rings. The lowest BCUT2D eigenvalue weighted by atomic mass is 9.85. The molecule has 0 aromatic heterocycles. The molecule has 17 heavy (non-hydrogen) atoms. The van der Waals surface area contributed by atoms with Gasteiger partial charge in [0.25, 0.3) is 0 Å². The maximum atomic E-state index is 11.4. The van der Waals surface area contributed by atoms with Gasteiger partial charge in [0.15, 0.2) is 9.84 Å². The largest absolute Gasteiger partial charge is 0.328 e. The summed E-state index contributed by atoms with van der Waals surface area (Å²) in [5, 5.41) is 0. The first kappa shape index (κ1) is 13.3. The van der Waals surface area contributed by atoms with Crippen molar-refractivity contribution in [3.8, 4) is 0 Å². The Bertz CT molecular complexity index is 356. The van der Waals surface area contributed by atoms with Crippen molar-refractivity contribution in [3.05, 3.63) is 0 Å². The molecule has 1 heterocycles. The van der Waals surface area contributed by atoms with Crippen molar-refractivity contribution in [3.63, 3.8) is 0 Å². The number of sulfone groups is 1. The van der Waals surface area contributed by atoms with Gasteiger partial charge in [-0.25, -0.2) is 8.42 Å². The summed E-state index contributed by atoms with van der Waals surface area (Å²) in [6.45, 7) is 1.01. The summed E-state index contributed by atoms with van der Waals surface area (Å²) in [5.41, 5.74) is 5.98. The summed E-state index contributed by atoms with van der Waals surface area (Å²) >= 11 is 0. The van der Waals surface area contributed by atoms with Crippen LogP contribution >= 0.6 is 0 Å². The van der Waals surface area contributed by atoms with Gasteiger partial charge in [0.1, 0.15) is 0 Å². The number of nitrogens with zero attached hydrogens (tertiary/aromatic N) is 1. The van der Waals surface area contributed by atoms with Gasteiger partial charge in [-0.2, -0.15) is 0 Å². The van der Waals surface area contributed by atoms with Gasteiger partial charge >= 0.3 is 0 Å². The van der Waals surface area contributed by atoms with Crippen LogP contribution in [0.1, 0.15) is 32.1 Å². The Balaban J connectivity index is 1.83. The Morgan fingerprint density at radius 2 is 2.06 bits per heavy atom. The third kappa shape index (κ3) is 3.66. The van der Waals surface area contributed by atoms with E-state index in [2.05, 4.69) is 11.9 Å². The molecule has 4 nitrogen and oxygen atoms in total. The van der Waals surface area contributed by atoms with Gasteiger partial charge in [-0.3, -0.25) is 0 Å². The van der Waals surface area contributed by atoms with Crippen molar-refractivity contribution >= 4 is 9.84 Å². The molecule has 5 heteroatoms. The first-order chi connectivity index (χ1) is 7.96. The highest BCUT2D eigenvalue weighted by molar-refractivity contribution is 7.91. The first-order valence-corrected chi connectivity index (χ1v) is 8.44. The highest BCUT2D eigenvalue weighted by Crippen LogP contribution is 2.25. The third-order valence-corrected chi connectivity index (χ3v) is 5.95. The summed E-state index contributed by atoms with van der Waals surface area (Å²) in [6, 6.07) is 0.590. The van der Waals surface area contributed by atoms with Crippen molar-refractivity contribution in [1.29, 1.82) is 0 Å². The Kier molecular flexibility index (Phi) is 4.10. The van der Waals surface area contributed by atoms with Gasteiger partial charge in [0.2, 0.25) is 0 Å². The Morgan fingerprint density at radius 1 is 1.29 bits per heavy atom. The van der Waals surface area contributed by atoms with Crippen LogP contribution in [0, 0.1) is 5.92 Å². The monoisotopic (exact) mass is 260 g/mol. The van der Waals surface area contributed by atoms with E-state index < -0.39 is 9.84 Å².